The molecule has 2 aromatic carbocycles. The molecule has 0 aromatic heterocycles. The molecule has 0 aliphatic carbocycles. The van der Waals surface area contributed by atoms with E-state index < -0.39 is 6.09 Å². The predicted molar refractivity (Wildman–Crippen MR) is 98.8 cm³/mol. The molecule has 1 aliphatic rings. The summed E-state index contributed by atoms with van der Waals surface area (Å²) in [6, 6.07) is 16.8. The molecule has 25 heavy (non-hydrogen) atoms. The Kier molecular flexibility index (Phi) is 5.51. The minimum absolute atomic E-state index is 0.229. The van der Waals surface area contributed by atoms with E-state index in [1.807, 2.05) is 42.5 Å². The number of hydrogen-bond acceptors (Lipinski definition) is 3. The number of anilines is 1. The number of rotatable bonds is 4. The van der Waals surface area contributed by atoms with E-state index in [1.54, 1.807) is 12.1 Å². The highest BCUT2D eigenvalue weighted by Gasteiger charge is 2.13. The van der Waals surface area contributed by atoms with Gasteiger partial charge < -0.3 is 15.4 Å². The maximum absolute atomic E-state index is 11.9. The Balaban J connectivity index is 1.57. The third-order valence-corrected chi connectivity index (χ3v) is 3.98. The van der Waals surface area contributed by atoms with E-state index in [4.69, 9.17) is 10.5 Å². The summed E-state index contributed by atoms with van der Waals surface area (Å²) in [5.41, 5.74) is 8.30. The van der Waals surface area contributed by atoms with Crippen LogP contribution in [0.25, 0.3) is 0 Å². The lowest BCUT2D eigenvalue weighted by Gasteiger charge is -2.15. The van der Waals surface area contributed by atoms with Gasteiger partial charge in [0.05, 0.1) is 5.69 Å². The number of ether oxygens (including phenoxy) is 1. The predicted octanol–water partition coefficient (Wildman–Crippen LogP) is 3.48. The first-order chi connectivity index (χ1) is 12.2. The highest BCUT2D eigenvalue weighted by atomic mass is 16.5. The Bertz CT molecular complexity index is 740. The van der Waals surface area contributed by atoms with Gasteiger partial charge in [0.15, 0.2) is 5.96 Å². The number of nitrogens with zero attached hydrogens (tertiary/aromatic N) is 2. The number of likely N-dealkylation sites (tertiary alicyclic amines) is 1. The maximum atomic E-state index is 11.9. The van der Waals surface area contributed by atoms with Crippen LogP contribution in [-0.2, 0) is 11.3 Å². The fraction of sp³-hybridized carbons (Fsp3) is 0.263. The first-order valence-corrected chi connectivity index (χ1v) is 8.37. The second kappa shape index (κ2) is 8.19. The van der Waals surface area contributed by atoms with Gasteiger partial charge in [0.1, 0.15) is 6.61 Å². The van der Waals surface area contributed by atoms with Crippen LogP contribution in [0, 0.1) is 0 Å². The Labute approximate surface area is 147 Å². The molecule has 1 aliphatic heterocycles. The van der Waals surface area contributed by atoms with Crippen molar-refractivity contribution in [1.82, 2.24) is 4.90 Å². The summed E-state index contributed by atoms with van der Waals surface area (Å²) in [6.07, 6.45) is 1.79. The van der Waals surface area contributed by atoms with E-state index in [-0.39, 0.29) is 6.61 Å². The average molecular weight is 338 g/mol. The van der Waals surface area contributed by atoms with Gasteiger partial charge in [-0.05, 0) is 36.6 Å². The van der Waals surface area contributed by atoms with Crippen molar-refractivity contribution < 1.29 is 9.53 Å². The van der Waals surface area contributed by atoms with Crippen LogP contribution in [0.2, 0.25) is 0 Å². The zero-order valence-corrected chi connectivity index (χ0v) is 14.0. The molecule has 0 radical (unpaired) electrons. The van der Waals surface area contributed by atoms with Crippen molar-refractivity contribution in [1.29, 1.82) is 0 Å². The summed E-state index contributed by atoms with van der Waals surface area (Å²) in [5.74, 6) is 0.515. The monoisotopic (exact) mass is 338 g/mol. The summed E-state index contributed by atoms with van der Waals surface area (Å²) in [5, 5.41) is 2.71. The molecule has 0 saturated carbocycles. The molecule has 0 atom stereocenters. The minimum atomic E-state index is -0.502. The summed E-state index contributed by atoms with van der Waals surface area (Å²) < 4.78 is 5.22. The van der Waals surface area contributed by atoms with Crippen LogP contribution in [0.15, 0.2) is 59.6 Å². The lowest BCUT2D eigenvalue weighted by Crippen LogP contribution is -2.34. The fourth-order valence-corrected chi connectivity index (χ4v) is 2.68. The number of carbonyl (C=O) groups excluding carboxylic acids is 1. The second-order valence-electron chi connectivity index (χ2n) is 5.90. The molecular formula is C19H22N4O2. The molecule has 1 heterocycles. The van der Waals surface area contributed by atoms with Crippen molar-refractivity contribution in [2.45, 2.75) is 19.4 Å². The molecule has 1 fully saturated rings. The molecule has 1 saturated heterocycles. The first kappa shape index (κ1) is 16.8. The van der Waals surface area contributed by atoms with Crippen LogP contribution in [0.3, 0.4) is 0 Å². The molecule has 6 nitrogen and oxygen atoms in total. The van der Waals surface area contributed by atoms with Gasteiger partial charge in [0.25, 0.3) is 0 Å². The molecular weight excluding hydrogens is 316 g/mol. The molecule has 6 heteroatoms. The number of hydrogen-bond donors (Lipinski definition) is 2. The number of carbonyl (C=O) groups is 1. The van der Waals surface area contributed by atoms with E-state index in [2.05, 4.69) is 15.2 Å². The van der Waals surface area contributed by atoms with Crippen LogP contribution in [0.4, 0.5) is 16.2 Å². The van der Waals surface area contributed by atoms with Gasteiger partial charge >= 0.3 is 6.09 Å². The zero-order chi connectivity index (χ0) is 17.5. The van der Waals surface area contributed by atoms with Gasteiger partial charge in [0, 0.05) is 18.8 Å². The molecule has 3 N–H and O–H groups in total. The first-order valence-electron chi connectivity index (χ1n) is 8.37. The van der Waals surface area contributed by atoms with Crippen molar-refractivity contribution in [2.24, 2.45) is 10.7 Å². The number of nitrogens with one attached hydrogen (secondary N) is 1. The Morgan fingerprint density at radius 3 is 2.64 bits per heavy atom. The number of benzene rings is 2. The van der Waals surface area contributed by atoms with Crippen LogP contribution < -0.4 is 11.1 Å². The number of guanidine groups is 1. The lowest BCUT2D eigenvalue weighted by molar-refractivity contribution is 0.155. The summed E-state index contributed by atoms with van der Waals surface area (Å²) in [4.78, 5) is 18.4. The Morgan fingerprint density at radius 2 is 1.88 bits per heavy atom. The van der Waals surface area contributed by atoms with Crippen molar-refractivity contribution in [3.8, 4) is 0 Å². The minimum Gasteiger partial charge on any atom is -0.444 e. The van der Waals surface area contributed by atoms with Gasteiger partial charge in [-0.15, -0.1) is 0 Å². The van der Waals surface area contributed by atoms with Crippen molar-refractivity contribution in [2.75, 3.05) is 18.4 Å². The fourth-order valence-electron chi connectivity index (χ4n) is 2.68. The summed E-state index contributed by atoms with van der Waals surface area (Å²) >= 11 is 0. The summed E-state index contributed by atoms with van der Waals surface area (Å²) in [7, 11) is 0. The highest BCUT2D eigenvalue weighted by molar-refractivity contribution is 5.86. The van der Waals surface area contributed by atoms with Crippen LogP contribution in [-0.4, -0.2) is 30.0 Å². The molecule has 0 bridgehead atoms. The topological polar surface area (TPSA) is 79.9 Å². The molecule has 1 amide bonds. The Hall–Kier alpha value is -3.02. The van der Waals surface area contributed by atoms with E-state index in [0.29, 0.717) is 17.3 Å². The van der Waals surface area contributed by atoms with E-state index in [1.165, 1.54) is 0 Å². The van der Waals surface area contributed by atoms with Crippen LogP contribution in [0.1, 0.15) is 18.4 Å². The van der Waals surface area contributed by atoms with Gasteiger partial charge in [-0.2, -0.15) is 0 Å². The van der Waals surface area contributed by atoms with Crippen molar-refractivity contribution in [3.05, 3.63) is 60.2 Å². The van der Waals surface area contributed by atoms with Gasteiger partial charge in [-0.3, -0.25) is 5.32 Å². The molecule has 2 aromatic rings. The van der Waals surface area contributed by atoms with Gasteiger partial charge in [-0.1, -0.05) is 36.4 Å². The normalized spacial score (nSPS) is 14.4. The largest absolute Gasteiger partial charge is 0.444 e. The third kappa shape index (κ3) is 4.97. The van der Waals surface area contributed by atoms with E-state index >= 15 is 0 Å². The van der Waals surface area contributed by atoms with E-state index in [9.17, 15) is 4.79 Å². The number of aliphatic imine (C=N–C) groups is 1. The maximum Gasteiger partial charge on any atom is 0.411 e. The Morgan fingerprint density at radius 1 is 1.12 bits per heavy atom. The van der Waals surface area contributed by atoms with Crippen LogP contribution >= 0.6 is 0 Å². The summed E-state index contributed by atoms with van der Waals surface area (Å²) in [6.45, 7) is 2.12. The van der Waals surface area contributed by atoms with Crippen molar-refractivity contribution >= 4 is 23.4 Å². The standard InChI is InChI=1S/C19H22N4O2/c20-18(23-11-4-5-12-23)21-16-9-6-10-17(13-16)22-19(24)25-14-15-7-2-1-3-8-15/h1-3,6-10,13H,4-5,11-12,14H2,(H2,20,21)(H,22,24). The van der Waals surface area contributed by atoms with Gasteiger partial charge in [0.2, 0.25) is 0 Å². The smallest absolute Gasteiger partial charge is 0.411 e. The third-order valence-electron chi connectivity index (χ3n) is 3.98. The molecule has 0 unspecified atom stereocenters. The number of amides is 1. The molecule has 130 valence electrons. The highest BCUT2D eigenvalue weighted by Crippen LogP contribution is 2.19. The number of nitrogens with two attached hydrogens (primary N) is 1. The van der Waals surface area contributed by atoms with Crippen molar-refractivity contribution in [3.63, 3.8) is 0 Å². The molecule has 0 spiro atoms. The SMILES string of the molecule is NC(=Nc1cccc(NC(=O)OCc2ccccc2)c1)N1CCCC1. The quantitative estimate of drug-likeness (QED) is 0.661. The van der Waals surface area contributed by atoms with Gasteiger partial charge in [-0.25, -0.2) is 9.79 Å². The van der Waals surface area contributed by atoms with E-state index in [0.717, 1.165) is 31.5 Å². The average Bonchev–Trinajstić information content (AvgIpc) is 3.16. The van der Waals surface area contributed by atoms with Crippen LogP contribution in [0.5, 0.6) is 0 Å². The second-order valence-corrected chi connectivity index (χ2v) is 5.90. The molecule has 3 rings (SSSR count). The zero-order valence-electron chi connectivity index (χ0n) is 14.0. The lowest BCUT2D eigenvalue weighted by atomic mass is 10.2.